The summed E-state index contributed by atoms with van der Waals surface area (Å²) >= 11 is 0. The highest BCUT2D eigenvalue weighted by Gasteiger charge is 2.14. The Bertz CT molecular complexity index is 514. The average Bonchev–Trinajstić information content (AvgIpc) is 2.44. The molecule has 1 aromatic carbocycles. The van der Waals surface area contributed by atoms with Crippen molar-refractivity contribution >= 4 is 5.91 Å². The fourth-order valence-corrected chi connectivity index (χ4v) is 1.74. The first-order valence-corrected chi connectivity index (χ1v) is 6.63. The van der Waals surface area contributed by atoms with Crippen LogP contribution in [-0.2, 0) is 4.74 Å². The lowest BCUT2D eigenvalue weighted by Crippen LogP contribution is -2.30. The van der Waals surface area contributed by atoms with Crippen LogP contribution in [0.3, 0.4) is 0 Å². The van der Waals surface area contributed by atoms with Crippen LogP contribution in [0.2, 0.25) is 0 Å². The van der Waals surface area contributed by atoms with Gasteiger partial charge < -0.3 is 14.7 Å². The SMILES string of the molecule is CCOCCN(C)C(=O)c1ccc(C)cc1C#CCO. The zero-order valence-electron chi connectivity index (χ0n) is 12.3. The molecule has 1 aromatic rings. The van der Waals surface area contributed by atoms with Gasteiger partial charge in [-0.3, -0.25) is 4.79 Å². The molecule has 20 heavy (non-hydrogen) atoms. The average molecular weight is 275 g/mol. The van der Waals surface area contributed by atoms with Gasteiger partial charge in [-0.25, -0.2) is 0 Å². The van der Waals surface area contributed by atoms with Crippen molar-refractivity contribution in [1.29, 1.82) is 0 Å². The van der Waals surface area contributed by atoms with Gasteiger partial charge in [-0.05, 0) is 31.5 Å². The van der Waals surface area contributed by atoms with Crippen LogP contribution in [0.1, 0.15) is 28.4 Å². The summed E-state index contributed by atoms with van der Waals surface area (Å²) in [5, 5.41) is 8.79. The standard InChI is InChI=1S/C16H21NO3/c1-4-20-11-9-17(3)16(19)15-8-7-13(2)12-14(15)6-5-10-18/h7-8,12,18H,4,9-11H2,1-3H3. The minimum atomic E-state index is -0.220. The maximum atomic E-state index is 12.4. The summed E-state index contributed by atoms with van der Waals surface area (Å²) in [6, 6.07) is 5.51. The molecule has 1 amide bonds. The van der Waals surface area contributed by atoms with Gasteiger partial charge in [-0.2, -0.15) is 0 Å². The molecule has 0 aromatic heterocycles. The van der Waals surface area contributed by atoms with Crippen molar-refractivity contribution in [2.45, 2.75) is 13.8 Å². The number of carbonyl (C=O) groups is 1. The third-order valence-corrected chi connectivity index (χ3v) is 2.83. The lowest BCUT2D eigenvalue weighted by Gasteiger charge is -2.18. The summed E-state index contributed by atoms with van der Waals surface area (Å²) in [7, 11) is 1.74. The van der Waals surface area contributed by atoms with Crippen molar-refractivity contribution in [3.8, 4) is 11.8 Å². The number of benzene rings is 1. The lowest BCUT2D eigenvalue weighted by atomic mass is 10.0. The van der Waals surface area contributed by atoms with E-state index in [1.807, 2.05) is 26.0 Å². The highest BCUT2D eigenvalue weighted by atomic mass is 16.5. The van der Waals surface area contributed by atoms with Gasteiger partial charge in [0.1, 0.15) is 6.61 Å². The predicted molar refractivity (Wildman–Crippen MR) is 78.6 cm³/mol. The molecule has 108 valence electrons. The number of aliphatic hydroxyl groups excluding tert-OH is 1. The van der Waals surface area contributed by atoms with Gasteiger partial charge in [0, 0.05) is 25.8 Å². The number of aliphatic hydroxyl groups is 1. The van der Waals surface area contributed by atoms with Gasteiger partial charge in [0.05, 0.1) is 12.2 Å². The van der Waals surface area contributed by atoms with E-state index >= 15 is 0 Å². The Morgan fingerprint density at radius 3 is 2.85 bits per heavy atom. The van der Waals surface area contributed by atoms with Crippen LogP contribution in [0.5, 0.6) is 0 Å². The van der Waals surface area contributed by atoms with Gasteiger partial charge in [-0.15, -0.1) is 0 Å². The summed E-state index contributed by atoms with van der Waals surface area (Å²) in [5.41, 5.74) is 2.23. The minimum Gasteiger partial charge on any atom is -0.384 e. The quantitative estimate of drug-likeness (QED) is 0.653. The number of amides is 1. The van der Waals surface area contributed by atoms with Crippen molar-refractivity contribution in [3.63, 3.8) is 0 Å². The molecule has 0 aliphatic rings. The van der Waals surface area contributed by atoms with Crippen LogP contribution in [-0.4, -0.2) is 49.3 Å². The number of rotatable bonds is 5. The van der Waals surface area contributed by atoms with E-state index in [0.29, 0.717) is 30.9 Å². The van der Waals surface area contributed by atoms with Gasteiger partial charge >= 0.3 is 0 Å². The van der Waals surface area contributed by atoms with E-state index in [0.717, 1.165) is 5.56 Å². The first kappa shape index (κ1) is 16.2. The third kappa shape index (κ3) is 4.69. The van der Waals surface area contributed by atoms with Crippen molar-refractivity contribution < 1.29 is 14.6 Å². The normalized spacial score (nSPS) is 9.80. The number of likely N-dealkylation sites (N-methyl/N-ethyl adjacent to an activating group) is 1. The van der Waals surface area contributed by atoms with Crippen molar-refractivity contribution in [3.05, 3.63) is 34.9 Å². The molecule has 0 fully saturated rings. The number of hydrogen-bond donors (Lipinski definition) is 1. The summed E-state index contributed by atoms with van der Waals surface area (Å²) in [6.45, 7) is 5.33. The molecule has 0 saturated heterocycles. The number of aryl methyl sites for hydroxylation is 1. The molecule has 0 saturated carbocycles. The fourth-order valence-electron chi connectivity index (χ4n) is 1.74. The van der Waals surface area contributed by atoms with Crippen molar-refractivity contribution in [1.82, 2.24) is 4.90 Å². The second-order valence-corrected chi connectivity index (χ2v) is 4.43. The van der Waals surface area contributed by atoms with E-state index in [4.69, 9.17) is 9.84 Å². The Hall–Kier alpha value is -1.83. The van der Waals surface area contributed by atoms with Gasteiger partial charge in [0.15, 0.2) is 0 Å². The van der Waals surface area contributed by atoms with Crippen LogP contribution in [0, 0.1) is 18.8 Å². The predicted octanol–water partition coefficient (Wildman–Crippen LogP) is 1.45. The Morgan fingerprint density at radius 2 is 2.20 bits per heavy atom. The Kier molecular flexibility index (Phi) is 6.78. The van der Waals surface area contributed by atoms with Gasteiger partial charge in [0.2, 0.25) is 0 Å². The maximum Gasteiger partial charge on any atom is 0.254 e. The molecule has 0 unspecified atom stereocenters. The molecule has 1 rings (SSSR count). The molecule has 4 nitrogen and oxygen atoms in total. The lowest BCUT2D eigenvalue weighted by molar-refractivity contribution is 0.0709. The second-order valence-electron chi connectivity index (χ2n) is 4.43. The van der Waals surface area contributed by atoms with Crippen LogP contribution in [0.4, 0.5) is 0 Å². The number of carbonyl (C=O) groups excluding carboxylic acids is 1. The van der Waals surface area contributed by atoms with E-state index in [1.54, 1.807) is 18.0 Å². The molecular weight excluding hydrogens is 254 g/mol. The molecule has 0 spiro atoms. The van der Waals surface area contributed by atoms with Crippen LogP contribution < -0.4 is 0 Å². The Morgan fingerprint density at radius 1 is 1.45 bits per heavy atom. The van der Waals surface area contributed by atoms with E-state index in [-0.39, 0.29) is 12.5 Å². The Labute approximate surface area is 120 Å². The number of hydrogen-bond acceptors (Lipinski definition) is 3. The molecule has 0 bridgehead atoms. The Balaban J connectivity index is 2.91. The van der Waals surface area contributed by atoms with E-state index in [9.17, 15) is 4.79 Å². The molecule has 0 aliphatic carbocycles. The van der Waals surface area contributed by atoms with E-state index < -0.39 is 0 Å². The summed E-state index contributed by atoms with van der Waals surface area (Å²) in [6.07, 6.45) is 0. The van der Waals surface area contributed by atoms with Gasteiger partial charge in [-0.1, -0.05) is 17.9 Å². The van der Waals surface area contributed by atoms with E-state index in [1.165, 1.54) is 0 Å². The van der Waals surface area contributed by atoms with Gasteiger partial charge in [0.25, 0.3) is 5.91 Å². The summed E-state index contributed by atoms with van der Waals surface area (Å²) in [5.74, 6) is 5.33. The van der Waals surface area contributed by atoms with Crippen molar-refractivity contribution in [2.24, 2.45) is 0 Å². The second kappa shape index (κ2) is 8.36. The summed E-state index contributed by atoms with van der Waals surface area (Å²) < 4.78 is 5.25. The maximum absolute atomic E-state index is 12.4. The van der Waals surface area contributed by atoms with Crippen LogP contribution >= 0.6 is 0 Å². The molecule has 0 atom stereocenters. The smallest absolute Gasteiger partial charge is 0.254 e. The van der Waals surface area contributed by atoms with Crippen LogP contribution in [0.25, 0.3) is 0 Å². The minimum absolute atomic E-state index is 0.0908. The highest BCUT2D eigenvalue weighted by molar-refractivity contribution is 5.96. The molecular formula is C16H21NO3. The zero-order valence-corrected chi connectivity index (χ0v) is 12.3. The number of ether oxygens (including phenoxy) is 1. The monoisotopic (exact) mass is 275 g/mol. The fraction of sp³-hybridized carbons (Fsp3) is 0.438. The number of nitrogens with zero attached hydrogens (tertiary/aromatic N) is 1. The largest absolute Gasteiger partial charge is 0.384 e. The first-order chi connectivity index (χ1) is 9.60. The molecule has 0 heterocycles. The van der Waals surface area contributed by atoms with E-state index in [2.05, 4.69) is 11.8 Å². The highest BCUT2D eigenvalue weighted by Crippen LogP contribution is 2.13. The first-order valence-electron chi connectivity index (χ1n) is 6.63. The summed E-state index contributed by atoms with van der Waals surface area (Å²) in [4.78, 5) is 14.0. The zero-order chi connectivity index (χ0) is 15.0. The molecule has 0 aliphatic heterocycles. The van der Waals surface area contributed by atoms with Crippen LogP contribution in [0.15, 0.2) is 18.2 Å². The molecule has 4 heteroatoms. The topological polar surface area (TPSA) is 49.8 Å². The van der Waals surface area contributed by atoms with Crippen molar-refractivity contribution in [2.75, 3.05) is 33.4 Å². The molecule has 0 radical (unpaired) electrons. The third-order valence-electron chi connectivity index (χ3n) is 2.83. The molecule has 1 N–H and O–H groups in total.